The molecule has 3 aliphatic rings. The monoisotopic (exact) mass is 434 g/mol. The van der Waals surface area contributed by atoms with Crippen molar-refractivity contribution in [1.82, 2.24) is 14.7 Å². The van der Waals surface area contributed by atoms with Crippen LogP contribution >= 0.6 is 11.6 Å². The Morgan fingerprint density at radius 3 is 2.33 bits per heavy atom. The van der Waals surface area contributed by atoms with Crippen LogP contribution in [0.15, 0.2) is 18.2 Å². The number of rotatable bonds is 5. The standard InChI is InChI=1S/C22H31ClN4O3/c23-19-15-17(7-8-20(19)30-18-5-1-2-6-18)24-22(29)27-13-11-25(12-14-27)16-21(28)26-9-3-4-10-26/h7-8,15,18H,1-6,9-14,16H2,(H,24,29). The first kappa shape index (κ1) is 21.2. The highest BCUT2D eigenvalue weighted by Crippen LogP contribution is 2.31. The van der Waals surface area contributed by atoms with Crippen molar-refractivity contribution in [2.75, 3.05) is 51.1 Å². The van der Waals surface area contributed by atoms with E-state index in [1.807, 2.05) is 17.0 Å². The van der Waals surface area contributed by atoms with E-state index in [9.17, 15) is 9.59 Å². The molecule has 0 bridgehead atoms. The lowest BCUT2D eigenvalue weighted by molar-refractivity contribution is -0.131. The average molecular weight is 435 g/mol. The summed E-state index contributed by atoms with van der Waals surface area (Å²) in [4.78, 5) is 30.8. The summed E-state index contributed by atoms with van der Waals surface area (Å²) in [5, 5.41) is 3.45. The number of anilines is 1. The molecular weight excluding hydrogens is 404 g/mol. The van der Waals surface area contributed by atoms with E-state index in [0.717, 1.165) is 38.8 Å². The number of carbonyl (C=O) groups excluding carboxylic acids is 2. The molecular formula is C22H31ClN4O3. The van der Waals surface area contributed by atoms with Gasteiger partial charge in [0.05, 0.1) is 17.7 Å². The predicted octanol–water partition coefficient (Wildman–Crippen LogP) is 3.43. The van der Waals surface area contributed by atoms with Crippen LogP contribution in [0, 0.1) is 0 Å². The zero-order valence-corrected chi connectivity index (χ0v) is 18.2. The predicted molar refractivity (Wildman–Crippen MR) is 117 cm³/mol. The van der Waals surface area contributed by atoms with Crippen LogP contribution in [0.2, 0.25) is 5.02 Å². The molecule has 0 radical (unpaired) electrons. The largest absolute Gasteiger partial charge is 0.489 e. The minimum Gasteiger partial charge on any atom is -0.489 e. The molecule has 0 spiro atoms. The van der Waals surface area contributed by atoms with Crippen LogP contribution in [-0.2, 0) is 4.79 Å². The topological polar surface area (TPSA) is 65.1 Å². The van der Waals surface area contributed by atoms with E-state index >= 15 is 0 Å². The maximum atomic E-state index is 12.6. The third-order valence-electron chi connectivity index (χ3n) is 6.26. The number of nitrogens with one attached hydrogen (secondary N) is 1. The lowest BCUT2D eigenvalue weighted by Crippen LogP contribution is -2.52. The first-order chi connectivity index (χ1) is 14.6. The van der Waals surface area contributed by atoms with Crippen LogP contribution in [0.4, 0.5) is 10.5 Å². The number of halogens is 1. The van der Waals surface area contributed by atoms with Gasteiger partial charge in [-0.2, -0.15) is 0 Å². The van der Waals surface area contributed by atoms with Crippen molar-refractivity contribution in [2.24, 2.45) is 0 Å². The van der Waals surface area contributed by atoms with Gasteiger partial charge in [0.15, 0.2) is 0 Å². The van der Waals surface area contributed by atoms with E-state index in [-0.39, 0.29) is 18.0 Å². The second-order valence-corrected chi connectivity index (χ2v) is 8.86. The molecule has 1 saturated carbocycles. The number of ether oxygens (including phenoxy) is 1. The number of amides is 3. The third-order valence-corrected chi connectivity index (χ3v) is 6.55. The van der Waals surface area contributed by atoms with E-state index in [1.165, 1.54) is 12.8 Å². The van der Waals surface area contributed by atoms with Gasteiger partial charge in [0.25, 0.3) is 0 Å². The number of hydrogen-bond donors (Lipinski definition) is 1. The quantitative estimate of drug-likeness (QED) is 0.771. The van der Waals surface area contributed by atoms with Gasteiger partial charge in [-0.3, -0.25) is 9.69 Å². The molecule has 30 heavy (non-hydrogen) atoms. The van der Waals surface area contributed by atoms with E-state index in [4.69, 9.17) is 16.3 Å². The maximum Gasteiger partial charge on any atom is 0.321 e. The van der Waals surface area contributed by atoms with Gasteiger partial charge in [0.1, 0.15) is 5.75 Å². The Labute approximate surface area is 183 Å². The van der Waals surface area contributed by atoms with Crippen LogP contribution in [0.3, 0.4) is 0 Å². The van der Waals surface area contributed by atoms with Gasteiger partial charge in [-0.1, -0.05) is 11.6 Å². The molecule has 8 heteroatoms. The fourth-order valence-electron chi connectivity index (χ4n) is 4.43. The molecule has 7 nitrogen and oxygen atoms in total. The number of hydrogen-bond acceptors (Lipinski definition) is 4. The number of likely N-dealkylation sites (tertiary alicyclic amines) is 1. The van der Waals surface area contributed by atoms with Crippen molar-refractivity contribution >= 4 is 29.2 Å². The number of benzene rings is 1. The molecule has 1 aromatic carbocycles. The van der Waals surface area contributed by atoms with Gasteiger partial charge in [0, 0.05) is 45.0 Å². The minimum atomic E-state index is -0.138. The van der Waals surface area contributed by atoms with Crippen molar-refractivity contribution in [3.05, 3.63) is 23.2 Å². The number of piperazine rings is 1. The molecule has 2 saturated heterocycles. The van der Waals surface area contributed by atoms with Gasteiger partial charge in [0.2, 0.25) is 5.91 Å². The SMILES string of the molecule is O=C(CN1CCN(C(=O)Nc2ccc(OC3CCCC3)c(Cl)c2)CC1)N1CCCC1. The van der Waals surface area contributed by atoms with E-state index in [2.05, 4.69) is 10.2 Å². The van der Waals surface area contributed by atoms with Crippen LogP contribution in [0.1, 0.15) is 38.5 Å². The summed E-state index contributed by atoms with van der Waals surface area (Å²) < 4.78 is 5.97. The average Bonchev–Trinajstić information content (AvgIpc) is 3.45. The minimum absolute atomic E-state index is 0.138. The molecule has 3 fully saturated rings. The molecule has 0 unspecified atom stereocenters. The molecule has 1 aromatic rings. The first-order valence-corrected chi connectivity index (χ1v) is 11.5. The summed E-state index contributed by atoms with van der Waals surface area (Å²) in [7, 11) is 0. The third kappa shape index (κ3) is 5.38. The molecule has 0 atom stereocenters. The normalized spacial score (nSPS) is 20.6. The fourth-order valence-corrected chi connectivity index (χ4v) is 4.65. The molecule has 164 valence electrons. The zero-order chi connectivity index (χ0) is 20.9. The number of urea groups is 1. The summed E-state index contributed by atoms with van der Waals surface area (Å²) >= 11 is 6.37. The van der Waals surface area contributed by atoms with Gasteiger partial charge >= 0.3 is 6.03 Å². The lowest BCUT2D eigenvalue weighted by atomic mass is 10.2. The Morgan fingerprint density at radius 1 is 0.967 bits per heavy atom. The van der Waals surface area contributed by atoms with Crippen molar-refractivity contribution in [3.8, 4) is 5.75 Å². The highest BCUT2D eigenvalue weighted by molar-refractivity contribution is 6.32. The first-order valence-electron chi connectivity index (χ1n) is 11.1. The van der Waals surface area contributed by atoms with Crippen molar-refractivity contribution in [1.29, 1.82) is 0 Å². The lowest BCUT2D eigenvalue weighted by Gasteiger charge is -2.35. The highest BCUT2D eigenvalue weighted by Gasteiger charge is 2.25. The van der Waals surface area contributed by atoms with Crippen LogP contribution < -0.4 is 10.1 Å². The highest BCUT2D eigenvalue weighted by atomic mass is 35.5. The van der Waals surface area contributed by atoms with Crippen LogP contribution in [0.25, 0.3) is 0 Å². The van der Waals surface area contributed by atoms with Gasteiger partial charge in [-0.05, 0) is 56.7 Å². The van der Waals surface area contributed by atoms with Crippen molar-refractivity contribution in [2.45, 2.75) is 44.6 Å². The molecule has 3 amide bonds. The van der Waals surface area contributed by atoms with Crippen molar-refractivity contribution in [3.63, 3.8) is 0 Å². The molecule has 2 heterocycles. The number of carbonyl (C=O) groups is 2. The summed E-state index contributed by atoms with van der Waals surface area (Å²) in [5.41, 5.74) is 0.662. The van der Waals surface area contributed by atoms with E-state index in [0.29, 0.717) is 49.2 Å². The second kappa shape index (κ2) is 9.88. The summed E-state index contributed by atoms with van der Waals surface area (Å²) in [5.74, 6) is 0.887. The molecule has 1 N–H and O–H groups in total. The maximum absolute atomic E-state index is 12.6. The van der Waals surface area contributed by atoms with Crippen LogP contribution in [-0.4, -0.2) is 78.6 Å². The number of nitrogens with zero attached hydrogens (tertiary/aromatic N) is 3. The second-order valence-electron chi connectivity index (χ2n) is 8.45. The fraction of sp³-hybridized carbons (Fsp3) is 0.636. The van der Waals surface area contributed by atoms with Gasteiger partial charge < -0.3 is 19.9 Å². The van der Waals surface area contributed by atoms with E-state index < -0.39 is 0 Å². The molecule has 4 rings (SSSR count). The Hall–Kier alpha value is -1.99. The summed E-state index contributed by atoms with van der Waals surface area (Å²) in [6, 6.07) is 5.27. The summed E-state index contributed by atoms with van der Waals surface area (Å²) in [6.45, 7) is 4.85. The van der Waals surface area contributed by atoms with Crippen molar-refractivity contribution < 1.29 is 14.3 Å². The molecule has 0 aromatic heterocycles. The Morgan fingerprint density at radius 2 is 1.67 bits per heavy atom. The molecule has 1 aliphatic carbocycles. The molecule has 2 aliphatic heterocycles. The van der Waals surface area contributed by atoms with E-state index in [1.54, 1.807) is 11.0 Å². The van der Waals surface area contributed by atoms with Gasteiger partial charge in [-0.15, -0.1) is 0 Å². The zero-order valence-electron chi connectivity index (χ0n) is 17.4. The Kier molecular flexibility index (Phi) is 7.00. The van der Waals surface area contributed by atoms with Gasteiger partial charge in [-0.25, -0.2) is 4.79 Å². The summed E-state index contributed by atoms with van der Waals surface area (Å²) in [6.07, 6.45) is 7.02. The Balaban J connectivity index is 1.23. The smallest absolute Gasteiger partial charge is 0.321 e. The van der Waals surface area contributed by atoms with Crippen LogP contribution in [0.5, 0.6) is 5.75 Å². The Bertz CT molecular complexity index is 755.